The highest BCUT2D eigenvalue weighted by atomic mass is 16.5. The van der Waals surface area contributed by atoms with E-state index in [9.17, 15) is 9.59 Å². The van der Waals surface area contributed by atoms with Crippen LogP contribution in [0.3, 0.4) is 0 Å². The van der Waals surface area contributed by atoms with E-state index in [0.717, 1.165) is 11.3 Å². The minimum Gasteiger partial charge on any atom is -0.484 e. The van der Waals surface area contributed by atoms with Crippen molar-refractivity contribution < 1.29 is 19.1 Å². The van der Waals surface area contributed by atoms with Gasteiger partial charge < -0.3 is 20.1 Å². The molecule has 7 nitrogen and oxygen atoms in total. The van der Waals surface area contributed by atoms with E-state index < -0.39 is 0 Å². The van der Waals surface area contributed by atoms with Gasteiger partial charge in [0.1, 0.15) is 17.6 Å². The van der Waals surface area contributed by atoms with Crippen LogP contribution in [0.5, 0.6) is 11.5 Å². The van der Waals surface area contributed by atoms with Gasteiger partial charge in [0, 0.05) is 17.8 Å². The molecule has 0 atom stereocenters. The fourth-order valence-electron chi connectivity index (χ4n) is 2.55. The molecule has 1 heterocycles. The summed E-state index contributed by atoms with van der Waals surface area (Å²) in [6.07, 6.45) is 1.11. The fraction of sp³-hybridized carbons (Fsp3) is 0.211. The first kappa shape index (κ1) is 17.3. The molecule has 2 aromatic rings. The Labute approximate surface area is 150 Å². The molecule has 0 aliphatic carbocycles. The molecule has 3 rings (SSSR count). The van der Waals surface area contributed by atoms with Crippen molar-refractivity contribution in [3.63, 3.8) is 0 Å². The molecule has 0 saturated heterocycles. The zero-order valence-electron chi connectivity index (χ0n) is 14.0. The number of rotatable bonds is 6. The van der Waals surface area contributed by atoms with Gasteiger partial charge in [0.05, 0.1) is 0 Å². The normalized spacial score (nSPS) is 12.3. The largest absolute Gasteiger partial charge is 0.484 e. The van der Waals surface area contributed by atoms with Crippen molar-refractivity contribution in [2.75, 3.05) is 23.8 Å². The maximum Gasteiger partial charge on any atom is 0.262 e. The van der Waals surface area contributed by atoms with E-state index in [2.05, 4.69) is 10.6 Å². The molecule has 1 aliphatic heterocycles. The van der Waals surface area contributed by atoms with Crippen molar-refractivity contribution >= 4 is 23.2 Å². The van der Waals surface area contributed by atoms with E-state index in [1.807, 2.05) is 12.1 Å². The Balaban J connectivity index is 1.51. The Kier molecular flexibility index (Phi) is 5.34. The molecule has 0 radical (unpaired) electrons. The van der Waals surface area contributed by atoms with Crippen molar-refractivity contribution in [2.45, 2.75) is 12.8 Å². The molecule has 1 aliphatic rings. The summed E-state index contributed by atoms with van der Waals surface area (Å²) in [5.74, 6) is 0.855. The van der Waals surface area contributed by atoms with E-state index in [1.165, 1.54) is 0 Å². The van der Waals surface area contributed by atoms with Crippen LogP contribution < -0.4 is 20.1 Å². The third kappa shape index (κ3) is 4.51. The van der Waals surface area contributed by atoms with Gasteiger partial charge in [0.25, 0.3) is 5.91 Å². The van der Waals surface area contributed by atoms with Gasteiger partial charge in [0.2, 0.25) is 5.91 Å². The first-order valence-electron chi connectivity index (χ1n) is 8.09. The number of amides is 2. The van der Waals surface area contributed by atoms with Crippen molar-refractivity contribution in [3.8, 4) is 17.6 Å². The molecule has 2 aromatic carbocycles. The Morgan fingerprint density at radius 1 is 1.12 bits per heavy atom. The number of nitriles is 1. The lowest BCUT2D eigenvalue weighted by molar-refractivity contribution is -0.118. The Bertz CT molecular complexity index is 856. The minimum absolute atomic E-state index is 0.00888. The van der Waals surface area contributed by atoms with Crippen molar-refractivity contribution in [1.29, 1.82) is 5.26 Å². The summed E-state index contributed by atoms with van der Waals surface area (Å²) >= 11 is 0. The van der Waals surface area contributed by atoms with Crippen LogP contribution in [-0.4, -0.2) is 25.0 Å². The van der Waals surface area contributed by atoms with Crippen LogP contribution in [0.4, 0.5) is 11.4 Å². The molecule has 2 amide bonds. The molecule has 0 unspecified atom stereocenters. The van der Waals surface area contributed by atoms with Crippen LogP contribution in [0, 0.1) is 11.3 Å². The van der Waals surface area contributed by atoms with E-state index in [0.29, 0.717) is 30.0 Å². The smallest absolute Gasteiger partial charge is 0.262 e. The number of fused-ring (bicyclic) bond motifs is 1. The number of nitrogens with one attached hydrogen (secondary N) is 2. The van der Waals surface area contributed by atoms with Crippen LogP contribution in [0.25, 0.3) is 0 Å². The summed E-state index contributed by atoms with van der Waals surface area (Å²) in [7, 11) is 0. The highest BCUT2D eigenvalue weighted by Gasteiger charge is 2.15. The summed E-state index contributed by atoms with van der Waals surface area (Å²) in [6.45, 7) is -0.151. The molecule has 26 heavy (non-hydrogen) atoms. The fourth-order valence-corrected chi connectivity index (χ4v) is 2.55. The van der Waals surface area contributed by atoms with Crippen LogP contribution in [0.1, 0.15) is 12.0 Å². The predicted octanol–water partition coefficient (Wildman–Crippen LogP) is 2.49. The second-order valence-corrected chi connectivity index (χ2v) is 5.68. The summed E-state index contributed by atoms with van der Waals surface area (Å²) in [4.78, 5) is 23.4. The average molecular weight is 351 g/mol. The Morgan fingerprint density at radius 3 is 2.65 bits per heavy atom. The van der Waals surface area contributed by atoms with Crippen molar-refractivity contribution in [1.82, 2.24) is 0 Å². The lowest BCUT2D eigenvalue weighted by Crippen LogP contribution is -2.21. The van der Waals surface area contributed by atoms with Crippen LogP contribution >= 0.6 is 0 Å². The third-order valence-corrected chi connectivity index (χ3v) is 3.78. The molecule has 0 bridgehead atoms. The van der Waals surface area contributed by atoms with E-state index in [-0.39, 0.29) is 25.0 Å². The number of anilines is 2. The van der Waals surface area contributed by atoms with E-state index >= 15 is 0 Å². The van der Waals surface area contributed by atoms with E-state index in [1.54, 1.807) is 36.4 Å². The Hall–Kier alpha value is -3.53. The van der Waals surface area contributed by atoms with Gasteiger partial charge in [0.15, 0.2) is 13.2 Å². The molecule has 0 fully saturated rings. The highest BCUT2D eigenvalue weighted by molar-refractivity contribution is 5.94. The van der Waals surface area contributed by atoms with Crippen LogP contribution in [0.15, 0.2) is 42.5 Å². The molecule has 0 spiro atoms. The number of aryl methyl sites for hydroxylation is 1. The molecule has 0 aromatic heterocycles. The molecule has 0 saturated carbocycles. The maximum atomic E-state index is 12.0. The van der Waals surface area contributed by atoms with Gasteiger partial charge in [-0.25, -0.2) is 0 Å². The first-order valence-corrected chi connectivity index (χ1v) is 8.09. The molecule has 7 heteroatoms. The standard InChI is InChI=1S/C19H17N3O4/c20-9-10-25-15-4-2-14(3-5-15)21-19(24)12-26-16-6-7-17-13(11-16)1-8-18(23)22-17/h2-7,11H,1,8,10,12H2,(H,21,24)(H,22,23). The summed E-state index contributed by atoms with van der Waals surface area (Å²) < 4.78 is 10.7. The highest BCUT2D eigenvalue weighted by Crippen LogP contribution is 2.26. The minimum atomic E-state index is -0.290. The lowest BCUT2D eigenvalue weighted by Gasteiger charge is -2.17. The van der Waals surface area contributed by atoms with Crippen molar-refractivity contribution in [2.24, 2.45) is 0 Å². The van der Waals surface area contributed by atoms with Gasteiger partial charge in [-0.2, -0.15) is 5.26 Å². The van der Waals surface area contributed by atoms with Crippen LogP contribution in [0.2, 0.25) is 0 Å². The number of carbonyl (C=O) groups excluding carboxylic acids is 2. The second-order valence-electron chi connectivity index (χ2n) is 5.68. The average Bonchev–Trinajstić information content (AvgIpc) is 2.66. The predicted molar refractivity (Wildman–Crippen MR) is 95.1 cm³/mol. The third-order valence-electron chi connectivity index (χ3n) is 3.78. The lowest BCUT2D eigenvalue weighted by atomic mass is 10.0. The number of hydrogen-bond acceptors (Lipinski definition) is 5. The first-order chi connectivity index (χ1) is 12.6. The quantitative estimate of drug-likeness (QED) is 0.833. The molecule has 132 valence electrons. The van der Waals surface area contributed by atoms with Gasteiger partial charge >= 0.3 is 0 Å². The van der Waals surface area contributed by atoms with E-state index in [4.69, 9.17) is 14.7 Å². The maximum absolute atomic E-state index is 12.0. The van der Waals surface area contributed by atoms with Gasteiger partial charge in [-0.05, 0) is 54.4 Å². The van der Waals surface area contributed by atoms with Gasteiger partial charge in [-0.3, -0.25) is 9.59 Å². The van der Waals surface area contributed by atoms with Gasteiger partial charge in [-0.1, -0.05) is 0 Å². The molecular formula is C19H17N3O4. The number of benzene rings is 2. The molecule has 2 N–H and O–H groups in total. The summed E-state index contributed by atoms with van der Waals surface area (Å²) in [6, 6.07) is 13.9. The monoisotopic (exact) mass is 351 g/mol. The van der Waals surface area contributed by atoms with Gasteiger partial charge in [-0.15, -0.1) is 0 Å². The Morgan fingerprint density at radius 2 is 1.88 bits per heavy atom. The number of ether oxygens (including phenoxy) is 2. The second kappa shape index (κ2) is 8.03. The number of carbonyl (C=O) groups is 2. The topological polar surface area (TPSA) is 100 Å². The SMILES string of the molecule is N#CCOc1ccc(NC(=O)COc2ccc3c(c2)CCC(=O)N3)cc1. The number of hydrogen-bond donors (Lipinski definition) is 2. The summed E-state index contributed by atoms with van der Waals surface area (Å²) in [5.41, 5.74) is 2.39. The molecular weight excluding hydrogens is 334 g/mol. The van der Waals surface area contributed by atoms with Crippen LogP contribution in [-0.2, 0) is 16.0 Å². The zero-order chi connectivity index (χ0) is 18.4. The number of nitrogens with zero attached hydrogens (tertiary/aromatic N) is 1. The zero-order valence-corrected chi connectivity index (χ0v) is 14.0. The van der Waals surface area contributed by atoms with Crippen molar-refractivity contribution in [3.05, 3.63) is 48.0 Å². The summed E-state index contributed by atoms with van der Waals surface area (Å²) in [5, 5.41) is 14.0.